The fraction of sp³-hybridized carbons (Fsp3) is 0.652. The number of sulfone groups is 1. The van der Waals surface area contributed by atoms with E-state index in [0.29, 0.717) is 25.1 Å². The van der Waals surface area contributed by atoms with Crippen LogP contribution in [0.2, 0.25) is 0 Å². The summed E-state index contributed by atoms with van der Waals surface area (Å²) in [5, 5.41) is 4.60. The van der Waals surface area contributed by atoms with E-state index >= 15 is 0 Å². The Morgan fingerprint density at radius 1 is 1.16 bits per heavy atom. The number of hydrogen-bond acceptors (Lipinski definition) is 6. The largest absolute Gasteiger partial charge is 0.374 e. The number of rotatable bonds is 6. The first-order valence-electron chi connectivity index (χ1n) is 11.3. The number of benzene rings is 1. The predicted octanol–water partition coefficient (Wildman–Crippen LogP) is 3.27. The molecule has 4 rings (SSSR count). The van der Waals surface area contributed by atoms with Crippen molar-refractivity contribution in [2.24, 2.45) is 7.05 Å². The first kappa shape index (κ1) is 23.9. The van der Waals surface area contributed by atoms with Crippen molar-refractivity contribution >= 4 is 25.8 Å². The zero-order valence-electron chi connectivity index (χ0n) is 19.1. The first-order valence-corrected chi connectivity index (χ1v) is 14.2. The van der Waals surface area contributed by atoms with E-state index < -0.39 is 9.84 Å². The third-order valence-electron chi connectivity index (χ3n) is 6.81. The summed E-state index contributed by atoms with van der Waals surface area (Å²) in [6, 6.07) is 9.13. The minimum absolute atomic E-state index is 0.0843. The molecule has 0 spiro atoms. The molecule has 9 heteroatoms. The molecular formula is C23H33BrN4O3S. The molecule has 7 nitrogen and oxygen atoms in total. The second-order valence-corrected chi connectivity index (χ2v) is 12.5. The number of nitrogens with zero attached hydrogens (tertiary/aromatic N) is 4. The van der Waals surface area contributed by atoms with Gasteiger partial charge in [0.1, 0.15) is 15.7 Å². The quantitative estimate of drug-likeness (QED) is 0.577. The minimum Gasteiger partial charge on any atom is -0.374 e. The van der Waals surface area contributed by atoms with Crippen molar-refractivity contribution in [3.05, 3.63) is 46.0 Å². The van der Waals surface area contributed by atoms with Crippen molar-refractivity contribution in [2.45, 2.75) is 63.1 Å². The molecule has 2 fully saturated rings. The zero-order valence-corrected chi connectivity index (χ0v) is 21.5. The Kier molecular flexibility index (Phi) is 7.39. The molecule has 1 aliphatic heterocycles. The van der Waals surface area contributed by atoms with E-state index in [-0.39, 0.29) is 17.9 Å². The van der Waals surface area contributed by atoms with Gasteiger partial charge < -0.3 is 4.74 Å². The highest BCUT2D eigenvalue weighted by atomic mass is 79.9. The molecule has 0 N–H and O–H groups in total. The Hall–Kier alpha value is -1.29. The van der Waals surface area contributed by atoms with Crippen LogP contribution in [0.1, 0.15) is 48.8 Å². The van der Waals surface area contributed by atoms with Crippen molar-refractivity contribution in [1.82, 2.24) is 19.7 Å². The van der Waals surface area contributed by atoms with Crippen LogP contribution in [0.3, 0.4) is 0 Å². The summed E-state index contributed by atoms with van der Waals surface area (Å²) in [6.45, 7) is 3.23. The molecule has 32 heavy (non-hydrogen) atoms. The lowest BCUT2D eigenvalue weighted by Crippen LogP contribution is -2.56. The molecule has 1 aromatic carbocycles. The molecule has 2 aromatic rings. The smallest absolute Gasteiger partial charge is 0.153 e. The van der Waals surface area contributed by atoms with E-state index in [9.17, 15) is 8.42 Å². The lowest BCUT2D eigenvalue weighted by Gasteiger charge is -2.46. The molecule has 0 radical (unpaired) electrons. The van der Waals surface area contributed by atoms with Crippen LogP contribution in [0.4, 0.5) is 0 Å². The molecule has 1 aromatic heterocycles. The maximum absolute atomic E-state index is 11.9. The van der Waals surface area contributed by atoms with Crippen LogP contribution in [0.15, 0.2) is 28.7 Å². The monoisotopic (exact) mass is 524 g/mol. The molecule has 0 amide bonds. The summed E-state index contributed by atoms with van der Waals surface area (Å²) in [4.78, 5) is 7.19. The second-order valence-electron chi connectivity index (χ2n) is 9.38. The van der Waals surface area contributed by atoms with Crippen LogP contribution in [-0.2, 0) is 28.0 Å². The van der Waals surface area contributed by atoms with E-state index in [2.05, 4.69) is 55.2 Å². The molecule has 2 atom stereocenters. The van der Waals surface area contributed by atoms with Gasteiger partial charge in [0, 0.05) is 42.3 Å². The van der Waals surface area contributed by atoms with Crippen molar-refractivity contribution in [3.63, 3.8) is 0 Å². The molecule has 0 unspecified atom stereocenters. The number of morpholine rings is 1. The van der Waals surface area contributed by atoms with E-state index in [1.54, 1.807) is 0 Å². The topological polar surface area (TPSA) is 77.3 Å². The van der Waals surface area contributed by atoms with Gasteiger partial charge in [-0.2, -0.15) is 5.10 Å². The van der Waals surface area contributed by atoms with Gasteiger partial charge in [0.15, 0.2) is 5.82 Å². The second kappa shape index (κ2) is 9.91. The van der Waals surface area contributed by atoms with Gasteiger partial charge in [0.2, 0.25) is 0 Å². The average molecular weight is 526 g/mol. The number of hydrogen-bond donors (Lipinski definition) is 0. The van der Waals surface area contributed by atoms with Crippen LogP contribution in [-0.4, -0.2) is 71.4 Å². The summed E-state index contributed by atoms with van der Waals surface area (Å²) in [7, 11) is -1.14. The SMILES string of the molecule is Cc1nc(C2CCC(N3C[C@H](CS(C)(=O)=O)OC[C@@H]3Cc3ccc(Br)cc3)CC2)nn1C. The fourth-order valence-corrected chi connectivity index (χ4v) is 6.20. The van der Waals surface area contributed by atoms with Gasteiger partial charge >= 0.3 is 0 Å². The molecule has 176 valence electrons. The Morgan fingerprint density at radius 2 is 1.84 bits per heavy atom. The molecule has 1 aliphatic carbocycles. The zero-order chi connectivity index (χ0) is 22.9. The van der Waals surface area contributed by atoms with E-state index in [0.717, 1.165) is 48.2 Å². The first-order chi connectivity index (χ1) is 15.2. The highest BCUT2D eigenvalue weighted by Crippen LogP contribution is 2.35. The average Bonchev–Trinajstić information content (AvgIpc) is 3.08. The Morgan fingerprint density at radius 3 is 2.44 bits per heavy atom. The highest BCUT2D eigenvalue weighted by Gasteiger charge is 2.37. The Labute approximate surface area is 199 Å². The van der Waals surface area contributed by atoms with Gasteiger partial charge in [-0.25, -0.2) is 13.4 Å². The van der Waals surface area contributed by atoms with E-state index in [1.165, 1.54) is 11.8 Å². The summed E-state index contributed by atoms with van der Waals surface area (Å²) in [6.07, 6.45) is 6.21. The number of ether oxygens (including phenoxy) is 1. The van der Waals surface area contributed by atoms with Crippen molar-refractivity contribution < 1.29 is 13.2 Å². The molecular weight excluding hydrogens is 492 g/mol. The fourth-order valence-electron chi connectivity index (χ4n) is 5.06. The number of aromatic nitrogens is 3. The predicted molar refractivity (Wildman–Crippen MR) is 129 cm³/mol. The summed E-state index contributed by atoms with van der Waals surface area (Å²) >= 11 is 3.51. The van der Waals surface area contributed by atoms with Gasteiger partial charge in [-0.05, 0) is 56.7 Å². The van der Waals surface area contributed by atoms with Crippen molar-refractivity contribution in [2.75, 3.05) is 25.2 Å². The minimum atomic E-state index is -3.08. The van der Waals surface area contributed by atoms with E-state index in [1.807, 2.05) is 18.7 Å². The molecule has 1 saturated heterocycles. The van der Waals surface area contributed by atoms with Crippen LogP contribution in [0.25, 0.3) is 0 Å². The standard InChI is InChI=1S/C23H33BrN4O3S/c1-16-25-23(26-27(16)2)18-6-10-20(11-7-18)28-13-22(15-32(3,29)30)31-14-21(28)12-17-4-8-19(24)9-5-17/h4-5,8-9,18,20-22H,6-7,10-15H2,1-3H3/t18?,20?,21-,22+/m0/s1. The highest BCUT2D eigenvalue weighted by molar-refractivity contribution is 9.10. The number of aryl methyl sites for hydroxylation is 2. The van der Waals surface area contributed by atoms with Crippen LogP contribution in [0.5, 0.6) is 0 Å². The maximum atomic E-state index is 11.9. The van der Waals surface area contributed by atoms with Gasteiger partial charge in [-0.3, -0.25) is 9.58 Å². The molecule has 2 heterocycles. The summed E-state index contributed by atoms with van der Waals surface area (Å²) < 4.78 is 32.8. The van der Waals surface area contributed by atoms with E-state index in [4.69, 9.17) is 4.74 Å². The molecule has 0 bridgehead atoms. The molecule has 2 aliphatic rings. The normalized spacial score (nSPS) is 27.5. The summed E-state index contributed by atoms with van der Waals surface area (Å²) in [5.74, 6) is 2.41. The van der Waals surface area contributed by atoms with Crippen LogP contribution < -0.4 is 0 Å². The lowest BCUT2D eigenvalue weighted by molar-refractivity contribution is -0.0756. The van der Waals surface area contributed by atoms with Crippen molar-refractivity contribution in [1.29, 1.82) is 0 Å². The van der Waals surface area contributed by atoms with Gasteiger partial charge in [0.05, 0.1) is 18.5 Å². The van der Waals surface area contributed by atoms with Crippen LogP contribution in [0, 0.1) is 6.92 Å². The number of halogens is 1. The Balaban J connectivity index is 1.46. The summed E-state index contributed by atoms with van der Waals surface area (Å²) in [5.41, 5.74) is 1.27. The third-order valence-corrected chi connectivity index (χ3v) is 8.31. The van der Waals surface area contributed by atoms with Gasteiger partial charge in [0.25, 0.3) is 0 Å². The molecule has 1 saturated carbocycles. The van der Waals surface area contributed by atoms with Gasteiger partial charge in [-0.15, -0.1) is 0 Å². The maximum Gasteiger partial charge on any atom is 0.153 e. The van der Waals surface area contributed by atoms with Crippen molar-refractivity contribution in [3.8, 4) is 0 Å². The van der Waals surface area contributed by atoms with Gasteiger partial charge in [-0.1, -0.05) is 28.1 Å². The lowest BCUT2D eigenvalue weighted by atomic mass is 9.83. The third kappa shape index (κ3) is 5.98. The Bertz CT molecular complexity index is 997. The van der Waals surface area contributed by atoms with Crippen LogP contribution >= 0.6 is 15.9 Å².